The summed E-state index contributed by atoms with van der Waals surface area (Å²) in [7, 11) is 1.13. The summed E-state index contributed by atoms with van der Waals surface area (Å²) < 4.78 is 21.0. The lowest BCUT2D eigenvalue weighted by molar-refractivity contribution is -0.855. The lowest BCUT2D eigenvalue weighted by Gasteiger charge is -2.04. The van der Waals surface area contributed by atoms with Gasteiger partial charge in [-0.05, 0) is 0 Å². The smallest absolute Gasteiger partial charge is 0.152 e. The van der Waals surface area contributed by atoms with Crippen LogP contribution < -0.4 is 4.90 Å². The van der Waals surface area contributed by atoms with Gasteiger partial charge >= 0.3 is 0 Å². The van der Waals surface area contributed by atoms with Crippen LogP contribution in [-0.2, 0) is 9.84 Å². The van der Waals surface area contributed by atoms with E-state index in [0.29, 0.717) is 6.54 Å². The Morgan fingerprint density at radius 2 is 1.78 bits per heavy atom. The van der Waals surface area contributed by atoms with Crippen LogP contribution in [-0.4, -0.2) is 41.1 Å². The molecular formula is C5H14NO2S+. The molecule has 0 rings (SSSR count). The Balaban J connectivity index is 3.53. The van der Waals surface area contributed by atoms with Crippen LogP contribution >= 0.6 is 0 Å². The molecule has 56 valence electrons. The Morgan fingerprint density at radius 3 is 1.89 bits per heavy atom. The molecule has 0 spiro atoms. The highest BCUT2D eigenvalue weighted by atomic mass is 32.2. The topological polar surface area (TPSA) is 38.6 Å². The minimum Gasteiger partial charge on any atom is -0.339 e. The van der Waals surface area contributed by atoms with Crippen molar-refractivity contribution >= 4 is 9.84 Å². The predicted molar refractivity (Wildman–Crippen MR) is 37.4 cm³/mol. The first-order valence-corrected chi connectivity index (χ1v) is 4.94. The van der Waals surface area contributed by atoms with Crippen molar-refractivity contribution in [2.75, 3.05) is 32.6 Å². The second-order valence-electron chi connectivity index (χ2n) is 2.59. The molecule has 9 heavy (non-hydrogen) atoms. The molecule has 0 heterocycles. The Kier molecular flexibility index (Phi) is 3.14. The summed E-state index contributed by atoms with van der Waals surface area (Å²) in [6.07, 6.45) is 1.26. The van der Waals surface area contributed by atoms with E-state index in [2.05, 4.69) is 0 Å². The number of hydrogen-bond donors (Lipinski definition) is 1. The summed E-state index contributed by atoms with van der Waals surface area (Å²) in [6, 6.07) is 0. The van der Waals surface area contributed by atoms with E-state index in [0.717, 1.165) is 0 Å². The van der Waals surface area contributed by atoms with Gasteiger partial charge in [-0.2, -0.15) is 0 Å². The van der Waals surface area contributed by atoms with Gasteiger partial charge in [-0.1, -0.05) is 0 Å². The molecule has 0 saturated heterocycles. The number of hydrogen-bond acceptors (Lipinski definition) is 2. The van der Waals surface area contributed by atoms with Crippen LogP contribution in [0.15, 0.2) is 0 Å². The number of rotatable bonds is 3. The molecule has 4 heteroatoms. The molecule has 0 fully saturated rings. The number of quaternary nitrogens is 1. The fourth-order valence-electron chi connectivity index (χ4n) is 0.390. The van der Waals surface area contributed by atoms with E-state index in [1.54, 1.807) is 0 Å². The average Bonchev–Trinajstić information content (AvgIpc) is 1.59. The molecule has 0 aromatic heterocycles. The van der Waals surface area contributed by atoms with Crippen molar-refractivity contribution in [1.82, 2.24) is 0 Å². The van der Waals surface area contributed by atoms with Crippen LogP contribution in [0.5, 0.6) is 0 Å². The van der Waals surface area contributed by atoms with Crippen LogP contribution in [0, 0.1) is 0 Å². The molecule has 0 unspecified atom stereocenters. The summed E-state index contributed by atoms with van der Waals surface area (Å²) >= 11 is 0. The summed E-state index contributed by atoms with van der Waals surface area (Å²) in [4.78, 5) is 1.17. The van der Waals surface area contributed by atoms with E-state index in [4.69, 9.17) is 0 Å². The Bertz CT molecular complexity index is 160. The van der Waals surface area contributed by atoms with Crippen LogP contribution in [0.4, 0.5) is 0 Å². The minimum absolute atomic E-state index is 0.287. The van der Waals surface area contributed by atoms with Crippen LogP contribution in [0.3, 0.4) is 0 Å². The van der Waals surface area contributed by atoms with Crippen LogP contribution in [0.2, 0.25) is 0 Å². The van der Waals surface area contributed by atoms with Crippen molar-refractivity contribution in [2.24, 2.45) is 0 Å². The SMILES string of the molecule is C[NH+](C)CCS(C)(=O)=O. The van der Waals surface area contributed by atoms with Crippen molar-refractivity contribution in [3.05, 3.63) is 0 Å². The fourth-order valence-corrected chi connectivity index (χ4v) is 1.17. The third-order valence-corrected chi connectivity index (χ3v) is 1.92. The Labute approximate surface area is 56.6 Å². The number of sulfone groups is 1. The fraction of sp³-hybridized carbons (Fsp3) is 1.00. The molecule has 0 amide bonds. The van der Waals surface area contributed by atoms with Crippen LogP contribution in [0.1, 0.15) is 0 Å². The second-order valence-corrected chi connectivity index (χ2v) is 4.85. The molecule has 0 aliphatic heterocycles. The largest absolute Gasteiger partial charge is 0.339 e. The molecule has 0 aliphatic carbocycles. The van der Waals surface area contributed by atoms with Gasteiger partial charge in [-0.15, -0.1) is 0 Å². The molecule has 0 saturated carbocycles. The zero-order chi connectivity index (χ0) is 7.49. The molecule has 3 nitrogen and oxygen atoms in total. The first-order chi connectivity index (χ1) is 3.92. The van der Waals surface area contributed by atoms with Crippen molar-refractivity contribution in [2.45, 2.75) is 0 Å². The van der Waals surface area contributed by atoms with Gasteiger partial charge < -0.3 is 4.90 Å². The standard InChI is InChI=1S/C5H13NO2S/c1-6(2)4-5-9(3,7)8/h4-5H2,1-3H3/p+1. The van der Waals surface area contributed by atoms with Crippen molar-refractivity contribution < 1.29 is 13.3 Å². The van der Waals surface area contributed by atoms with Gasteiger partial charge in [0.15, 0.2) is 9.84 Å². The van der Waals surface area contributed by atoms with Crippen molar-refractivity contribution in [3.63, 3.8) is 0 Å². The molecule has 0 aromatic carbocycles. The first kappa shape index (κ1) is 8.91. The molecule has 0 atom stereocenters. The quantitative estimate of drug-likeness (QED) is 0.517. The van der Waals surface area contributed by atoms with Gasteiger partial charge in [-0.3, -0.25) is 0 Å². The van der Waals surface area contributed by atoms with Gasteiger partial charge in [0.1, 0.15) is 0 Å². The summed E-state index contributed by atoms with van der Waals surface area (Å²) in [5.74, 6) is 0.287. The van der Waals surface area contributed by atoms with E-state index >= 15 is 0 Å². The summed E-state index contributed by atoms with van der Waals surface area (Å²) in [6.45, 7) is 0.693. The zero-order valence-corrected chi connectivity index (χ0v) is 6.96. The predicted octanol–water partition coefficient (Wildman–Crippen LogP) is -1.82. The van der Waals surface area contributed by atoms with Crippen molar-refractivity contribution in [1.29, 1.82) is 0 Å². The molecule has 1 N–H and O–H groups in total. The highest BCUT2D eigenvalue weighted by Gasteiger charge is 2.03. The maximum absolute atomic E-state index is 10.5. The van der Waals surface area contributed by atoms with Gasteiger partial charge in [0.25, 0.3) is 0 Å². The van der Waals surface area contributed by atoms with E-state index in [1.807, 2.05) is 14.1 Å². The lowest BCUT2D eigenvalue weighted by Crippen LogP contribution is -3.06. The Morgan fingerprint density at radius 1 is 1.33 bits per heavy atom. The third kappa shape index (κ3) is 7.91. The lowest BCUT2D eigenvalue weighted by atomic mass is 10.7. The molecule has 0 bridgehead atoms. The van der Waals surface area contributed by atoms with Gasteiger partial charge in [0, 0.05) is 6.26 Å². The van der Waals surface area contributed by atoms with Gasteiger partial charge in [0.05, 0.1) is 26.4 Å². The normalized spacial score (nSPS) is 12.4. The Hall–Kier alpha value is -0.0900. The third-order valence-electron chi connectivity index (χ3n) is 0.973. The molecule has 0 aliphatic rings. The maximum atomic E-state index is 10.5. The summed E-state index contributed by atoms with van der Waals surface area (Å²) in [5.41, 5.74) is 0. The van der Waals surface area contributed by atoms with Crippen LogP contribution in [0.25, 0.3) is 0 Å². The van der Waals surface area contributed by atoms with Gasteiger partial charge in [-0.25, -0.2) is 8.42 Å². The molecular weight excluding hydrogens is 138 g/mol. The maximum Gasteiger partial charge on any atom is 0.152 e. The van der Waals surface area contributed by atoms with Gasteiger partial charge in [0.2, 0.25) is 0 Å². The summed E-state index contributed by atoms with van der Waals surface area (Å²) in [5, 5.41) is 0. The van der Waals surface area contributed by atoms with E-state index in [9.17, 15) is 8.42 Å². The minimum atomic E-state index is -2.74. The second kappa shape index (κ2) is 3.17. The highest BCUT2D eigenvalue weighted by molar-refractivity contribution is 7.90. The molecule has 0 radical (unpaired) electrons. The number of nitrogens with one attached hydrogen (secondary N) is 1. The highest BCUT2D eigenvalue weighted by Crippen LogP contribution is 1.75. The van der Waals surface area contributed by atoms with E-state index < -0.39 is 9.84 Å². The first-order valence-electron chi connectivity index (χ1n) is 2.88. The van der Waals surface area contributed by atoms with E-state index in [-0.39, 0.29) is 5.75 Å². The molecule has 0 aromatic rings. The monoisotopic (exact) mass is 152 g/mol. The van der Waals surface area contributed by atoms with E-state index in [1.165, 1.54) is 11.2 Å². The zero-order valence-electron chi connectivity index (χ0n) is 6.14. The average molecular weight is 152 g/mol. The van der Waals surface area contributed by atoms with Crippen molar-refractivity contribution in [3.8, 4) is 0 Å².